The normalized spacial score (nSPS) is 16.3. The van der Waals surface area contributed by atoms with Crippen LogP contribution in [-0.2, 0) is 10.2 Å². The Balaban J connectivity index is 0.00000225. The van der Waals surface area contributed by atoms with Crippen LogP contribution in [0.3, 0.4) is 0 Å². The Morgan fingerprint density at radius 1 is 1.20 bits per heavy atom. The van der Waals surface area contributed by atoms with Gasteiger partial charge in [-0.15, -0.1) is 12.4 Å². The number of ether oxygens (including phenoxy) is 1. The summed E-state index contributed by atoms with van der Waals surface area (Å²) >= 11 is 0. The predicted octanol–water partition coefficient (Wildman–Crippen LogP) is 0.481. The third-order valence-corrected chi connectivity index (χ3v) is 5.11. The lowest BCUT2D eigenvalue weighted by molar-refractivity contribution is 0.374. The topological polar surface area (TPSA) is 122 Å². The van der Waals surface area contributed by atoms with Crippen LogP contribution in [0.25, 0.3) is 10.9 Å². The zero-order valence-corrected chi connectivity index (χ0v) is 15.3. The maximum atomic E-state index is 11.5. The molecule has 0 amide bonds. The average molecular weight is 390 g/mol. The lowest BCUT2D eigenvalue weighted by Crippen LogP contribution is -2.39. The molecule has 0 radical (unpaired) electrons. The number of aromatic hydroxyl groups is 1. The minimum Gasteiger partial charge on any atom is -0.504 e. The van der Waals surface area contributed by atoms with Crippen LogP contribution in [-0.4, -0.2) is 61.1 Å². The van der Waals surface area contributed by atoms with Gasteiger partial charge in [-0.1, -0.05) is 0 Å². The molecule has 0 bridgehead atoms. The van der Waals surface area contributed by atoms with E-state index >= 15 is 0 Å². The number of benzene rings is 1. The number of nitrogens with zero attached hydrogens (tertiary/aromatic N) is 4. The second kappa shape index (κ2) is 7.56. The molecule has 0 unspecified atom stereocenters. The molecule has 0 atom stereocenters. The molecular formula is C14H20ClN5O4S. The van der Waals surface area contributed by atoms with Crippen molar-refractivity contribution >= 4 is 39.3 Å². The summed E-state index contributed by atoms with van der Waals surface area (Å²) in [4.78, 5) is 10.5. The number of rotatable bonds is 3. The van der Waals surface area contributed by atoms with Crippen molar-refractivity contribution in [3.63, 3.8) is 0 Å². The minimum atomic E-state index is -3.69. The number of methoxy groups -OCH3 is 1. The number of fused-ring (bicyclic) bond motifs is 1. The van der Waals surface area contributed by atoms with Crippen LogP contribution >= 0.6 is 12.4 Å². The molecule has 2 aromatic rings. The smallest absolute Gasteiger partial charge is 0.276 e. The van der Waals surface area contributed by atoms with Gasteiger partial charge in [-0.2, -0.15) is 12.7 Å². The van der Waals surface area contributed by atoms with Crippen molar-refractivity contribution in [1.82, 2.24) is 14.3 Å². The highest BCUT2D eigenvalue weighted by Crippen LogP contribution is 2.34. The van der Waals surface area contributed by atoms with E-state index in [2.05, 4.69) is 9.97 Å². The van der Waals surface area contributed by atoms with E-state index in [1.807, 2.05) is 4.90 Å². The highest BCUT2D eigenvalue weighted by Gasteiger charge is 2.23. The fourth-order valence-corrected chi connectivity index (χ4v) is 3.55. The highest BCUT2D eigenvalue weighted by atomic mass is 35.5. The standard InChI is InChI=1S/C14H19N5O4S.ClH/c1-23-13-7-10-11(8-12(13)20)16-9-17-14(10)18-3-2-4-19(6-5-18)24(15,21)22;/h7-9,20H,2-6H2,1H3,(H2,15,21,22);1H. The van der Waals surface area contributed by atoms with Gasteiger partial charge < -0.3 is 14.7 Å². The zero-order valence-electron chi connectivity index (χ0n) is 13.6. The first kappa shape index (κ1) is 19.4. The van der Waals surface area contributed by atoms with E-state index in [0.717, 1.165) is 5.39 Å². The molecule has 0 saturated carbocycles. The van der Waals surface area contributed by atoms with Gasteiger partial charge in [0.25, 0.3) is 10.2 Å². The van der Waals surface area contributed by atoms with Crippen LogP contribution in [0.15, 0.2) is 18.5 Å². The van der Waals surface area contributed by atoms with E-state index in [1.165, 1.54) is 23.8 Å². The Kier molecular flexibility index (Phi) is 5.88. The molecule has 3 N–H and O–H groups in total. The van der Waals surface area contributed by atoms with Gasteiger partial charge in [0.1, 0.15) is 12.1 Å². The van der Waals surface area contributed by atoms with Gasteiger partial charge in [-0.3, -0.25) is 0 Å². The second-order valence-electron chi connectivity index (χ2n) is 5.52. The van der Waals surface area contributed by atoms with Crippen molar-refractivity contribution < 1.29 is 18.3 Å². The van der Waals surface area contributed by atoms with Crippen LogP contribution < -0.4 is 14.8 Å². The van der Waals surface area contributed by atoms with Crippen LogP contribution in [0.4, 0.5) is 5.82 Å². The van der Waals surface area contributed by atoms with Crippen LogP contribution in [0.5, 0.6) is 11.5 Å². The third-order valence-electron chi connectivity index (χ3n) is 4.03. The summed E-state index contributed by atoms with van der Waals surface area (Å²) in [5, 5.41) is 15.8. The molecule has 0 spiro atoms. The van der Waals surface area contributed by atoms with Crippen LogP contribution in [0.2, 0.25) is 0 Å². The van der Waals surface area contributed by atoms with E-state index in [4.69, 9.17) is 9.88 Å². The van der Waals surface area contributed by atoms with Gasteiger partial charge in [-0.05, 0) is 12.5 Å². The number of hydrogen-bond donors (Lipinski definition) is 2. The molecule has 11 heteroatoms. The lowest BCUT2D eigenvalue weighted by Gasteiger charge is -2.23. The second-order valence-corrected chi connectivity index (χ2v) is 7.07. The number of phenols is 1. The minimum absolute atomic E-state index is 0. The van der Waals surface area contributed by atoms with Gasteiger partial charge in [0.05, 0.1) is 12.6 Å². The molecule has 2 heterocycles. The quantitative estimate of drug-likeness (QED) is 0.782. The van der Waals surface area contributed by atoms with Gasteiger partial charge in [-0.25, -0.2) is 15.1 Å². The van der Waals surface area contributed by atoms with E-state index in [-0.39, 0.29) is 18.2 Å². The van der Waals surface area contributed by atoms with Crippen molar-refractivity contribution in [3.05, 3.63) is 18.5 Å². The zero-order chi connectivity index (χ0) is 17.3. The van der Waals surface area contributed by atoms with Gasteiger partial charge >= 0.3 is 0 Å². The van der Waals surface area contributed by atoms with Crippen molar-refractivity contribution in [2.75, 3.05) is 38.2 Å². The molecule has 0 aliphatic carbocycles. The molecule has 138 valence electrons. The third kappa shape index (κ3) is 4.03. The first-order valence-corrected chi connectivity index (χ1v) is 8.95. The monoisotopic (exact) mass is 389 g/mol. The number of halogens is 1. The Bertz CT molecular complexity index is 864. The van der Waals surface area contributed by atoms with Crippen molar-refractivity contribution in [2.24, 2.45) is 5.14 Å². The fourth-order valence-electron chi connectivity index (χ4n) is 2.83. The fraction of sp³-hybridized carbons (Fsp3) is 0.429. The van der Waals surface area contributed by atoms with Crippen molar-refractivity contribution in [3.8, 4) is 11.5 Å². The molecule has 1 aromatic heterocycles. The Morgan fingerprint density at radius 3 is 2.64 bits per heavy atom. The summed E-state index contributed by atoms with van der Waals surface area (Å²) < 4.78 is 29.5. The van der Waals surface area contributed by atoms with Gasteiger partial charge in [0, 0.05) is 37.6 Å². The van der Waals surface area contributed by atoms with Gasteiger partial charge in [0.15, 0.2) is 11.5 Å². The molecule has 9 nitrogen and oxygen atoms in total. The summed E-state index contributed by atoms with van der Waals surface area (Å²) in [6, 6.07) is 3.20. The average Bonchev–Trinajstić information content (AvgIpc) is 2.79. The molecule has 25 heavy (non-hydrogen) atoms. The molecule has 1 aromatic carbocycles. The number of aromatic nitrogens is 2. The maximum absolute atomic E-state index is 11.5. The largest absolute Gasteiger partial charge is 0.504 e. The van der Waals surface area contributed by atoms with E-state index in [1.54, 1.807) is 6.07 Å². The summed E-state index contributed by atoms with van der Waals surface area (Å²) in [6.07, 6.45) is 2.06. The van der Waals surface area contributed by atoms with Crippen LogP contribution in [0.1, 0.15) is 6.42 Å². The van der Waals surface area contributed by atoms with E-state index < -0.39 is 10.2 Å². The molecule has 3 rings (SSSR count). The van der Waals surface area contributed by atoms with Crippen molar-refractivity contribution in [2.45, 2.75) is 6.42 Å². The predicted molar refractivity (Wildman–Crippen MR) is 96.5 cm³/mol. The number of anilines is 1. The van der Waals surface area contributed by atoms with E-state index in [9.17, 15) is 13.5 Å². The maximum Gasteiger partial charge on any atom is 0.276 e. The molecular weight excluding hydrogens is 370 g/mol. The Morgan fingerprint density at radius 2 is 1.96 bits per heavy atom. The summed E-state index contributed by atoms with van der Waals surface area (Å²) in [5.41, 5.74) is 0.589. The number of phenolic OH excluding ortho intramolecular Hbond substituents is 1. The molecule has 1 aliphatic rings. The first-order chi connectivity index (χ1) is 11.4. The summed E-state index contributed by atoms with van der Waals surface area (Å²) in [5.74, 6) is 1.01. The molecule has 1 fully saturated rings. The first-order valence-electron chi connectivity index (χ1n) is 7.44. The van der Waals surface area contributed by atoms with Crippen LogP contribution in [0, 0.1) is 0 Å². The molecule has 1 aliphatic heterocycles. The number of nitrogens with two attached hydrogens (primary N) is 1. The van der Waals surface area contributed by atoms with Crippen molar-refractivity contribution in [1.29, 1.82) is 0 Å². The van der Waals surface area contributed by atoms with Gasteiger partial charge in [0.2, 0.25) is 0 Å². The Labute approximate surface area is 152 Å². The molecule has 1 saturated heterocycles. The highest BCUT2D eigenvalue weighted by molar-refractivity contribution is 7.86. The lowest BCUT2D eigenvalue weighted by atomic mass is 10.2. The summed E-state index contributed by atoms with van der Waals surface area (Å²) in [6.45, 7) is 1.77. The SMILES string of the molecule is COc1cc2c(N3CCCN(S(N)(=O)=O)CC3)ncnc2cc1O.Cl. The summed E-state index contributed by atoms with van der Waals surface area (Å²) in [7, 11) is -2.22. The Hall–Kier alpha value is -1.88. The number of hydrogen-bond acceptors (Lipinski definition) is 7. The van der Waals surface area contributed by atoms with E-state index in [0.29, 0.717) is 49.7 Å².